The Kier molecular flexibility index (Phi) is 5.01. The highest BCUT2D eigenvalue weighted by atomic mass is 32.2. The molecule has 2 unspecified atom stereocenters. The van der Waals surface area contributed by atoms with E-state index in [2.05, 4.69) is 22.2 Å². The van der Waals surface area contributed by atoms with E-state index in [0.717, 1.165) is 14.2 Å². The molecule has 100 valence electrons. The van der Waals surface area contributed by atoms with Crippen molar-refractivity contribution in [2.24, 2.45) is 5.84 Å². The van der Waals surface area contributed by atoms with Gasteiger partial charge in [0.05, 0.1) is 0 Å². The lowest BCUT2D eigenvalue weighted by Crippen LogP contribution is -2.38. The Morgan fingerprint density at radius 3 is 2.53 bits per heavy atom. The lowest BCUT2D eigenvalue weighted by atomic mass is 10.7. The van der Waals surface area contributed by atoms with Crippen molar-refractivity contribution in [2.75, 3.05) is 20.8 Å². The third-order valence-electron chi connectivity index (χ3n) is 1.63. The molecule has 1 aliphatic heterocycles. The second kappa shape index (κ2) is 5.87. The van der Waals surface area contributed by atoms with Crippen molar-refractivity contribution in [1.29, 1.82) is 0 Å². The first-order chi connectivity index (χ1) is 7.92. The number of amides is 1. The van der Waals surface area contributed by atoms with Gasteiger partial charge in [-0.1, -0.05) is 0 Å². The SMILES string of the molecule is COP(=O)(OC)N(N)C(=O)OC1COS(=O)O1. The number of nitrogens with zero attached hydrogens (tertiary/aromatic N) is 1. The molecule has 1 fully saturated rings. The minimum atomic E-state index is -3.94. The zero-order chi connectivity index (χ0) is 13.1. The Balaban J connectivity index is 2.58. The molecular weight excluding hydrogens is 279 g/mol. The molecule has 17 heavy (non-hydrogen) atoms. The molecule has 0 aromatic heterocycles. The van der Waals surface area contributed by atoms with E-state index < -0.39 is 31.5 Å². The number of hydrogen-bond acceptors (Lipinski definition) is 9. The van der Waals surface area contributed by atoms with Gasteiger partial charge in [-0.15, -0.1) is 4.78 Å². The van der Waals surface area contributed by atoms with E-state index in [1.54, 1.807) is 0 Å². The minimum absolute atomic E-state index is 0.150. The van der Waals surface area contributed by atoms with Crippen LogP contribution in [0.5, 0.6) is 0 Å². The topological polar surface area (TPSA) is 127 Å². The van der Waals surface area contributed by atoms with E-state index in [4.69, 9.17) is 5.84 Å². The molecule has 0 radical (unpaired) electrons. The quantitative estimate of drug-likeness (QED) is 0.320. The fourth-order valence-corrected chi connectivity index (χ4v) is 2.12. The van der Waals surface area contributed by atoms with Crippen LogP contribution in [0.15, 0.2) is 0 Å². The molecule has 0 spiro atoms. The first-order valence-corrected chi connectivity index (χ1v) is 6.62. The van der Waals surface area contributed by atoms with Crippen molar-refractivity contribution in [1.82, 2.24) is 4.78 Å². The summed E-state index contributed by atoms with van der Waals surface area (Å²) in [7, 11) is -1.85. The summed E-state index contributed by atoms with van der Waals surface area (Å²) in [5.41, 5.74) is 0. The maximum atomic E-state index is 11.7. The Morgan fingerprint density at radius 1 is 1.53 bits per heavy atom. The predicted octanol–water partition coefficient (Wildman–Crippen LogP) is -0.349. The molecule has 0 bridgehead atoms. The maximum absolute atomic E-state index is 11.7. The van der Waals surface area contributed by atoms with Crippen LogP contribution in [-0.4, -0.2) is 42.2 Å². The zero-order valence-electron chi connectivity index (χ0n) is 8.93. The van der Waals surface area contributed by atoms with E-state index in [-0.39, 0.29) is 11.4 Å². The third-order valence-corrected chi connectivity index (χ3v) is 3.95. The summed E-state index contributed by atoms with van der Waals surface area (Å²) in [6.45, 7) is -0.226. The number of rotatable bonds is 4. The fourth-order valence-electron chi connectivity index (χ4n) is 0.825. The molecular formula is C5H11N2O8PS. The Bertz CT molecular complexity index is 356. The van der Waals surface area contributed by atoms with E-state index in [1.165, 1.54) is 0 Å². The Labute approximate surface area is 99.3 Å². The summed E-state index contributed by atoms with van der Waals surface area (Å²) in [6.07, 6.45) is -2.43. The average Bonchev–Trinajstić information content (AvgIpc) is 2.72. The van der Waals surface area contributed by atoms with Crippen molar-refractivity contribution in [2.45, 2.75) is 6.29 Å². The van der Waals surface area contributed by atoms with Crippen molar-refractivity contribution >= 4 is 25.2 Å². The monoisotopic (exact) mass is 290 g/mol. The molecule has 1 amide bonds. The fraction of sp³-hybridized carbons (Fsp3) is 0.800. The van der Waals surface area contributed by atoms with Crippen molar-refractivity contribution < 1.29 is 35.7 Å². The van der Waals surface area contributed by atoms with Crippen LogP contribution >= 0.6 is 7.75 Å². The molecule has 0 aromatic carbocycles. The smallest absolute Gasteiger partial charge is 0.414 e. The summed E-state index contributed by atoms with van der Waals surface area (Å²) in [5, 5.41) is 0. The molecule has 1 heterocycles. The van der Waals surface area contributed by atoms with Gasteiger partial charge in [-0.05, 0) is 0 Å². The van der Waals surface area contributed by atoms with Crippen LogP contribution in [0.3, 0.4) is 0 Å². The van der Waals surface area contributed by atoms with Crippen LogP contribution in [0, 0.1) is 0 Å². The highest BCUT2D eigenvalue weighted by Crippen LogP contribution is 2.48. The standard InChI is InChI=1S/C5H11N2O8PS/c1-11-16(9,12-2)7(6)5(8)14-4-3-13-17(10)15-4/h4H,3,6H2,1-2H3. The van der Waals surface area contributed by atoms with Crippen LogP contribution < -0.4 is 5.84 Å². The Morgan fingerprint density at radius 2 is 2.12 bits per heavy atom. The van der Waals surface area contributed by atoms with E-state index in [9.17, 15) is 13.6 Å². The maximum Gasteiger partial charge on any atom is 0.453 e. The van der Waals surface area contributed by atoms with Gasteiger partial charge in [-0.2, -0.15) is 4.21 Å². The van der Waals surface area contributed by atoms with Crippen LogP contribution in [0.2, 0.25) is 0 Å². The highest BCUT2D eigenvalue weighted by Gasteiger charge is 2.37. The van der Waals surface area contributed by atoms with E-state index in [1.807, 2.05) is 0 Å². The largest absolute Gasteiger partial charge is 0.453 e. The van der Waals surface area contributed by atoms with Gasteiger partial charge < -0.3 is 4.74 Å². The molecule has 10 nitrogen and oxygen atoms in total. The first-order valence-electron chi connectivity index (χ1n) is 4.12. The number of ether oxygens (including phenoxy) is 1. The minimum Gasteiger partial charge on any atom is -0.414 e. The number of carbonyl (C=O) groups is 1. The molecule has 2 N–H and O–H groups in total. The number of hydrazine groups is 1. The van der Waals surface area contributed by atoms with Gasteiger partial charge in [-0.3, -0.25) is 13.2 Å². The molecule has 0 saturated carbocycles. The van der Waals surface area contributed by atoms with Crippen molar-refractivity contribution in [3.05, 3.63) is 0 Å². The molecule has 1 rings (SSSR count). The van der Waals surface area contributed by atoms with E-state index >= 15 is 0 Å². The van der Waals surface area contributed by atoms with Gasteiger partial charge in [0.1, 0.15) is 6.61 Å². The predicted molar refractivity (Wildman–Crippen MR) is 53.1 cm³/mol. The molecule has 0 aromatic rings. The van der Waals surface area contributed by atoms with Crippen LogP contribution in [0.1, 0.15) is 0 Å². The normalized spacial score (nSPS) is 24.6. The summed E-state index contributed by atoms with van der Waals surface area (Å²) >= 11 is -1.98. The highest BCUT2D eigenvalue weighted by molar-refractivity contribution is 7.75. The molecule has 1 aliphatic rings. The zero-order valence-corrected chi connectivity index (χ0v) is 10.6. The van der Waals surface area contributed by atoms with Crippen LogP contribution in [-0.2, 0) is 38.1 Å². The number of hydrogen-bond donors (Lipinski definition) is 1. The van der Waals surface area contributed by atoms with Crippen molar-refractivity contribution in [3.8, 4) is 0 Å². The Hall–Kier alpha value is -0.550. The van der Waals surface area contributed by atoms with Gasteiger partial charge >= 0.3 is 25.2 Å². The second-order valence-electron chi connectivity index (χ2n) is 2.58. The van der Waals surface area contributed by atoms with Crippen LogP contribution in [0.25, 0.3) is 0 Å². The summed E-state index contributed by atoms with van der Waals surface area (Å²) in [6, 6.07) is 0. The van der Waals surface area contributed by atoms with Crippen LogP contribution in [0.4, 0.5) is 4.79 Å². The summed E-state index contributed by atoms with van der Waals surface area (Å²) in [5.74, 6) is 5.20. The molecule has 1 saturated heterocycles. The van der Waals surface area contributed by atoms with Gasteiger partial charge in [0.2, 0.25) is 6.29 Å². The molecule has 12 heteroatoms. The third kappa shape index (κ3) is 3.45. The first kappa shape index (κ1) is 14.5. The van der Waals surface area contributed by atoms with Gasteiger partial charge in [0, 0.05) is 14.2 Å². The number of carbonyl (C=O) groups excluding carboxylic acids is 1. The van der Waals surface area contributed by atoms with Crippen molar-refractivity contribution in [3.63, 3.8) is 0 Å². The number of nitrogens with two attached hydrogens (primary N) is 1. The summed E-state index contributed by atoms with van der Waals surface area (Å²) < 4.78 is 44.9. The molecule has 2 atom stereocenters. The van der Waals surface area contributed by atoms with Gasteiger partial charge in [0.25, 0.3) is 0 Å². The van der Waals surface area contributed by atoms with Gasteiger partial charge in [-0.25, -0.2) is 19.4 Å². The average molecular weight is 290 g/mol. The lowest BCUT2D eigenvalue weighted by molar-refractivity contribution is -0.0261. The molecule has 0 aliphatic carbocycles. The lowest BCUT2D eigenvalue weighted by Gasteiger charge is -2.23. The second-order valence-corrected chi connectivity index (χ2v) is 5.51. The summed E-state index contributed by atoms with van der Waals surface area (Å²) in [4.78, 5) is 11.4. The van der Waals surface area contributed by atoms with E-state index in [0.29, 0.717) is 0 Å². The van der Waals surface area contributed by atoms with Gasteiger partial charge in [0.15, 0.2) is 0 Å².